The van der Waals surface area contributed by atoms with Gasteiger partial charge in [0.1, 0.15) is 5.82 Å². The van der Waals surface area contributed by atoms with E-state index in [1.54, 1.807) is 0 Å². The van der Waals surface area contributed by atoms with Gasteiger partial charge in [0.2, 0.25) is 0 Å². The van der Waals surface area contributed by atoms with E-state index in [4.69, 9.17) is 0 Å². The molecule has 0 bridgehead atoms. The van der Waals surface area contributed by atoms with Crippen molar-refractivity contribution in [1.29, 1.82) is 0 Å². The number of hydrogen-bond donors (Lipinski definition) is 0. The second kappa shape index (κ2) is 6.62. The molecule has 3 nitrogen and oxygen atoms in total. The van der Waals surface area contributed by atoms with E-state index in [-0.39, 0.29) is 0 Å². The summed E-state index contributed by atoms with van der Waals surface area (Å²) in [4.78, 5) is 0. The van der Waals surface area contributed by atoms with Gasteiger partial charge in [-0.15, -0.1) is 0 Å². The molecule has 0 aromatic heterocycles. The highest BCUT2D eigenvalue weighted by atomic mass is 31.2. The smallest absolute Gasteiger partial charge is 0.151 e. The first-order chi connectivity index (χ1) is 8.82. The molecule has 0 unspecified atom stereocenters. The third kappa shape index (κ3) is 3.43. The van der Waals surface area contributed by atoms with E-state index in [1.807, 2.05) is 0 Å². The Kier molecular flexibility index (Phi) is 5.69. The van der Waals surface area contributed by atoms with Crippen LogP contribution in [0.25, 0.3) is 6.08 Å². The van der Waals surface area contributed by atoms with E-state index >= 15 is 0 Å². The summed E-state index contributed by atoms with van der Waals surface area (Å²) in [5.41, 5.74) is 2.60. The number of nitrogens with zero attached hydrogens (tertiary/aromatic N) is 3. The molecule has 0 N–H and O–H groups in total. The van der Waals surface area contributed by atoms with Crippen LogP contribution in [-0.2, 0) is 0 Å². The molecule has 19 heavy (non-hydrogen) atoms. The van der Waals surface area contributed by atoms with E-state index in [0.29, 0.717) is 0 Å². The van der Waals surface area contributed by atoms with Gasteiger partial charge in [0.25, 0.3) is 7.71 Å². The standard InChI is InChI=1S/C15H27N3P/c1-14-10-8-9-11-15(14)12-13-19(16(2)3,17(4)5)18(6)7/h8-13H,1-7H3/q+1/b13-12+. The van der Waals surface area contributed by atoms with Crippen molar-refractivity contribution >= 4 is 13.8 Å². The van der Waals surface area contributed by atoms with Gasteiger partial charge in [-0.05, 0) is 24.1 Å². The van der Waals surface area contributed by atoms with Crippen molar-refractivity contribution in [3.8, 4) is 0 Å². The molecule has 0 saturated carbocycles. The van der Waals surface area contributed by atoms with Crippen LogP contribution in [0.5, 0.6) is 0 Å². The lowest BCUT2D eigenvalue weighted by molar-refractivity contribution is 0.472. The second-order valence-electron chi connectivity index (χ2n) is 5.33. The largest absolute Gasteiger partial charge is 0.253 e. The Morgan fingerprint density at radius 3 is 1.74 bits per heavy atom. The van der Waals surface area contributed by atoms with Crippen molar-refractivity contribution in [3.05, 3.63) is 41.2 Å². The molecule has 0 saturated heterocycles. The van der Waals surface area contributed by atoms with E-state index < -0.39 is 7.71 Å². The Hall–Kier alpha value is -0.730. The van der Waals surface area contributed by atoms with Gasteiger partial charge in [-0.2, -0.15) is 14.0 Å². The second-order valence-corrected chi connectivity index (χ2v) is 9.26. The van der Waals surface area contributed by atoms with Gasteiger partial charge in [-0.25, -0.2) is 0 Å². The topological polar surface area (TPSA) is 9.72 Å². The summed E-state index contributed by atoms with van der Waals surface area (Å²) >= 11 is 0. The summed E-state index contributed by atoms with van der Waals surface area (Å²) in [7, 11) is 11.3. The minimum absolute atomic E-state index is 1.29. The highest BCUT2D eigenvalue weighted by molar-refractivity contribution is 7.72. The van der Waals surface area contributed by atoms with Crippen LogP contribution in [0, 0.1) is 6.92 Å². The molecule has 1 rings (SSSR count). The zero-order valence-corrected chi connectivity index (χ0v) is 14.1. The third-order valence-electron chi connectivity index (χ3n) is 3.41. The van der Waals surface area contributed by atoms with Crippen LogP contribution in [0.15, 0.2) is 30.1 Å². The molecule has 1 aromatic carbocycles. The maximum atomic E-state index is 2.36. The van der Waals surface area contributed by atoms with Crippen molar-refractivity contribution in [1.82, 2.24) is 14.0 Å². The number of benzene rings is 1. The zero-order valence-electron chi connectivity index (χ0n) is 13.3. The first kappa shape index (κ1) is 16.3. The maximum Gasteiger partial charge on any atom is 0.253 e. The molecule has 0 radical (unpaired) electrons. The quantitative estimate of drug-likeness (QED) is 0.765. The van der Waals surface area contributed by atoms with Crippen molar-refractivity contribution in [2.75, 3.05) is 42.3 Å². The first-order valence-electron chi connectivity index (χ1n) is 6.49. The van der Waals surface area contributed by atoms with Crippen LogP contribution in [0.2, 0.25) is 0 Å². The van der Waals surface area contributed by atoms with E-state index in [1.165, 1.54) is 11.1 Å². The predicted octanol–water partition coefficient (Wildman–Crippen LogP) is 3.41. The molecule has 0 aliphatic rings. The molecule has 0 atom stereocenters. The average Bonchev–Trinajstić information content (AvgIpc) is 2.30. The van der Waals surface area contributed by atoms with Crippen molar-refractivity contribution in [3.63, 3.8) is 0 Å². The lowest BCUT2D eigenvalue weighted by Crippen LogP contribution is -2.34. The van der Waals surface area contributed by atoms with E-state index in [2.05, 4.69) is 99.4 Å². The Balaban J connectivity index is 3.18. The summed E-state index contributed by atoms with van der Waals surface area (Å²) < 4.78 is 6.96. The molecule has 0 amide bonds. The van der Waals surface area contributed by atoms with Crippen LogP contribution in [0.3, 0.4) is 0 Å². The molecule has 0 heterocycles. The van der Waals surface area contributed by atoms with Gasteiger partial charge in [0, 0.05) is 42.3 Å². The SMILES string of the molecule is Cc1ccccc1/C=C/[P+](N(C)C)(N(C)C)N(C)C. The predicted molar refractivity (Wildman–Crippen MR) is 88.2 cm³/mol. The minimum atomic E-state index is -1.58. The molecule has 1 aromatic rings. The third-order valence-corrected chi connectivity index (χ3v) is 7.49. The average molecular weight is 280 g/mol. The lowest BCUT2D eigenvalue weighted by Gasteiger charge is -2.37. The zero-order chi connectivity index (χ0) is 14.6. The van der Waals surface area contributed by atoms with Crippen LogP contribution in [0.4, 0.5) is 0 Å². The maximum absolute atomic E-state index is 2.36. The Morgan fingerprint density at radius 1 is 0.842 bits per heavy atom. The van der Waals surface area contributed by atoms with Crippen LogP contribution in [0.1, 0.15) is 11.1 Å². The first-order valence-corrected chi connectivity index (χ1v) is 8.21. The number of hydrogen-bond acceptors (Lipinski definition) is 3. The molecule has 0 fully saturated rings. The summed E-state index contributed by atoms with van der Waals surface area (Å²) in [6.07, 6.45) is 2.25. The van der Waals surface area contributed by atoms with Gasteiger partial charge < -0.3 is 0 Å². The number of rotatable bonds is 5. The summed E-state index contributed by atoms with van der Waals surface area (Å²) in [6.45, 7) is 2.15. The summed E-state index contributed by atoms with van der Waals surface area (Å²) in [5.74, 6) is 2.36. The van der Waals surface area contributed by atoms with Crippen molar-refractivity contribution in [2.45, 2.75) is 6.92 Å². The fourth-order valence-corrected chi connectivity index (χ4v) is 5.73. The molecule has 0 aliphatic carbocycles. The van der Waals surface area contributed by atoms with E-state index in [9.17, 15) is 0 Å². The molecular formula is C15H27N3P+. The minimum Gasteiger partial charge on any atom is -0.151 e. The van der Waals surface area contributed by atoms with Gasteiger partial charge in [0.05, 0.1) is 0 Å². The van der Waals surface area contributed by atoms with Crippen LogP contribution in [-0.4, -0.2) is 56.3 Å². The highest BCUT2D eigenvalue weighted by Gasteiger charge is 2.45. The van der Waals surface area contributed by atoms with Gasteiger partial charge in [0.15, 0.2) is 0 Å². The molecule has 4 heteroatoms. The molecule has 0 spiro atoms. The number of aryl methyl sites for hydroxylation is 1. The lowest BCUT2D eigenvalue weighted by atomic mass is 10.1. The fourth-order valence-electron chi connectivity index (χ4n) is 2.43. The fraction of sp³-hybridized carbons (Fsp3) is 0.467. The molecule has 0 aliphatic heterocycles. The Morgan fingerprint density at radius 2 is 1.32 bits per heavy atom. The molecular weight excluding hydrogens is 253 g/mol. The van der Waals surface area contributed by atoms with Crippen LogP contribution >= 0.6 is 7.71 Å². The van der Waals surface area contributed by atoms with Gasteiger partial charge in [-0.1, -0.05) is 24.3 Å². The van der Waals surface area contributed by atoms with Crippen molar-refractivity contribution < 1.29 is 0 Å². The van der Waals surface area contributed by atoms with Crippen LogP contribution < -0.4 is 0 Å². The monoisotopic (exact) mass is 280 g/mol. The van der Waals surface area contributed by atoms with Gasteiger partial charge in [-0.3, -0.25) is 0 Å². The molecule has 106 valence electrons. The normalized spacial score (nSPS) is 13.2. The van der Waals surface area contributed by atoms with Gasteiger partial charge >= 0.3 is 0 Å². The van der Waals surface area contributed by atoms with E-state index in [0.717, 1.165) is 0 Å². The Labute approximate surface area is 119 Å². The highest BCUT2D eigenvalue weighted by Crippen LogP contribution is 2.65. The Bertz CT molecular complexity index is 417. The summed E-state index contributed by atoms with van der Waals surface area (Å²) in [6, 6.07) is 8.49. The van der Waals surface area contributed by atoms with Crippen molar-refractivity contribution in [2.24, 2.45) is 0 Å². The summed E-state index contributed by atoms with van der Waals surface area (Å²) in [5, 5.41) is 0.